The molecule has 10 nitrogen and oxygen atoms in total. The average Bonchev–Trinajstić information content (AvgIpc) is 3.45. The van der Waals surface area contributed by atoms with E-state index < -0.39 is 11.9 Å². The number of hydrogen-bond acceptors (Lipinski definition) is 8. The number of esters is 2. The van der Waals surface area contributed by atoms with Crippen molar-refractivity contribution in [2.24, 2.45) is 0 Å². The number of aryl methyl sites for hydroxylation is 2. The molecule has 2 heterocycles. The number of nitrogens with one attached hydrogen (secondary N) is 2. The van der Waals surface area contributed by atoms with Gasteiger partial charge in [-0.1, -0.05) is 30.3 Å². The predicted octanol–water partition coefficient (Wildman–Crippen LogP) is 5.63. The van der Waals surface area contributed by atoms with Crippen LogP contribution >= 0.6 is 0 Å². The van der Waals surface area contributed by atoms with E-state index in [1.807, 2.05) is 66.7 Å². The number of imidazole rings is 1. The first-order valence-electron chi connectivity index (χ1n) is 13.3. The van der Waals surface area contributed by atoms with Crippen molar-refractivity contribution in [3.8, 4) is 0 Å². The lowest BCUT2D eigenvalue weighted by Crippen LogP contribution is -2.16. The van der Waals surface area contributed by atoms with E-state index in [1.165, 1.54) is 20.5 Å². The molecule has 0 bridgehead atoms. The van der Waals surface area contributed by atoms with Crippen molar-refractivity contribution in [2.75, 3.05) is 24.9 Å². The van der Waals surface area contributed by atoms with Crippen molar-refractivity contribution in [1.82, 2.24) is 14.5 Å². The van der Waals surface area contributed by atoms with Crippen LogP contribution in [0.5, 0.6) is 0 Å². The van der Waals surface area contributed by atoms with Crippen LogP contribution in [-0.2, 0) is 22.4 Å². The smallest absolute Gasteiger partial charge is 0.359 e. The molecule has 1 amide bonds. The summed E-state index contributed by atoms with van der Waals surface area (Å²) < 4.78 is 11.1. The fourth-order valence-corrected chi connectivity index (χ4v) is 4.59. The maximum Gasteiger partial charge on any atom is 0.359 e. The first kappa shape index (κ1) is 28.0. The largest absolute Gasteiger partial charge is 0.464 e. The molecule has 5 rings (SSSR count). The van der Waals surface area contributed by atoms with Crippen LogP contribution in [0.4, 0.5) is 17.1 Å². The molecule has 0 spiro atoms. The number of methoxy groups -OCH3 is 2. The highest BCUT2D eigenvalue weighted by atomic mass is 16.5. The van der Waals surface area contributed by atoms with Crippen molar-refractivity contribution >= 4 is 45.8 Å². The van der Waals surface area contributed by atoms with Crippen LogP contribution in [-0.4, -0.2) is 46.6 Å². The number of rotatable bonds is 10. The molecule has 3 aromatic carbocycles. The quantitative estimate of drug-likeness (QED) is 0.210. The zero-order valence-corrected chi connectivity index (χ0v) is 23.2. The summed E-state index contributed by atoms with van der Waals surface area (Å²) in [4.78, 5) is 45.4. The van der Waals surface area contributed by atoms with Crippen LogP contribution < -0.4 is 10.6 Å². The van der Waals surface area contributed by atoms with Crippen molar-refractivity contribution < 1.29 is 23.9 Å². The molecular weight excluding hydrogens is 534 g/mol. The number of para-hydroxylation sites is 1. The zero-order chi connectivity index (χ0) is 29.5. The number of carbonyl (C=O) groups excluding carboxylic acids is 3. The first-order chi connectivity index (χ1) is 20.5. The Balaban J connectivity index is 1.15. The van der Waals surface area contributed by atoms with Gasteiger partial charge >= 0.3 is 11.9 Å². The summed E-state index contributed by atoms with van der Waals surface area (Å²) in [6.45, 7) is 0.454. The van der Waals surface area contributed by atoms with Crippen LogP contribution in [0.2, 0.25) is 0 Å². The molecule has 2 aromatic heterocycles. The lowest BCUT2D eigenvalue weighted by molar-refractivity contribution is 0.0543. The summed E-state index contributed by atoms with van der Waals surface area (Å²) in [5.41, 5.74) is 4.98. The Morgan fingerprint density at radius 3 is 2.26 bits per heavy atom. The summed E-state index contributed by atoms with van der Waals surface area (Å²) in [5, 5.41) is 7.35. The highest BCUT2D eigenvalue weighted by Gasteiger charge is 2.25. The third-order valence-electron chi connectivity index (χ3n) is 6.75. The molecule has 0 saturated heterocycles. The minimum absolute atomic E-state index is 0.0667. The number of amides is 1. The first-order valence-corrected chi connectivity index (χ1v) is 13.3. The Hall–Kier alpha value is -5.51. The number of aromatic nitrogens is 3. The number of anilines is 3. The molecular formula is C32H29N5O5. The Kier molecular flexibility index (Phi) is 8.53. The van der Waals surface area contributed by atoms with Crippen molar-refractivity contribution in [2.45, 2.75) is 19.4 Å². The maximum atomic E-state index is 12.8. The average molecular weight is 564 g/mol. The fourth-order valence-electron chi connectivity index (χ4n) is 4.59. The number of hydrogen-bond donors (Lipinski definition) is 2. The van der Waals surface area contributed by atoms with E-state index >= 15 is 0 Å². The van der Waals surface area contributed by atoms with Gasteiger partial charge in [0.2, 0.25) is 0 Å². The van der Waals surface area contributed by atoms with E-state index in [0.29, 0.717) is 30.6 Å². The number of nitrogens with zero attached hydrogens (tertiary/aromatic N) is 3. The SMILES string of the molecule is COC(=O)c1ncn(CCCc2ccc(NC(=O)c3ccc(Nc4ccnc5ccccc45)cc3)cc2)c1C(=O)OC. The van der Waals surface area contributed by atoms with Gasteiger partial charge in [0.25, 0.3) is 5.91 Å². The Morgan fingerprint density at radius 1 is 0.810 bits per heavy atom. The molecule has 5 aromatic rings. The molecule has 0 aliphatic rings. The van der Waals surface area contributed by atoms with Crippen LogP contribution in [0.25, 0.3) is 10.9 Å². The van der Waals surface area contributed by atoms with Crippen LogP contribution in [0.15, 0.2) is 91.4 Å². The molecule has 0 atom stereocenters. The van der Waals surface area contributed by atoms with Crippen molar-refractivity contribution in [1.29, 1.82) is 0 Å². The molecule has 212 valence electrons. The van der Waals surface area contributed by atoms with E-state index in [-0.39, 0.29) is 17.3 Å². The second-order valence-electron chi connectivity index (χ2n) is 9.45. The summed E-state index contributed by atoms with van der Waals surface area (Å²) in [6, 6.07) is 24.7. The molecule has 0 unspecified atom stereocenters. The monoisotopic (exact) mass is 563 g/mol. The van der Waals surface area contributed by atoms with E-state index in [2.05, 4.69) is 20.6 Å². The van der Waals surface area contributed by atoms with Gasteiger partial charge in [-0.3, -0.25) is 9.78 Å². The van der Waals surface area contributed by atoms with E-state index in [9.17, 15) is 14.4 Å². The van der Waals surface area contributed by atoms with Gasteiger partial charge in [0.05, 0.1) is 26.1 Å². The molecule has 10 heteroatoms. The molecule has 42 heavy (non-hydrogen) atoms. The minimum atomic E-state index is -0.696. The summed E-state index contributed by atoms with van der Waals surface area (Å²) >= 11 is 0. The van der Waals surface area contributed by atoms with Gasteiger partial charge in [0.1, 0.15) is 0 Å². The molecule has 0 aliphatic heterocycles. The normalized spacial score (nSPS) is 10.7. The zero-order valence-electron chi connectivity index (χ0n) is 23.2. The third kappa shape index (κ3) is 6.28. The summed E-state index contributed by atoms with van der Waals surface area (Å²) in [7, 11) is 2.48. The van der Waals surface area contributed by atoms with Gasteiger partial charge in [0.15, 0.2) is 11.4 Å². The Bertz CT molecular complexity index is 1720. The number of pyridine rings is 1. The van der Waals surface area contributed by atoms with E-state index in [0.717, 1.165) is 27.8 Å². The lowest BCUT2D eigenvalue weighted by Gasteiger charge is -2.11. The van der Waals surface area contributed by atoms with E-state index in [1.54, 1.807) is 22.9 Å². The minimum Gasteiger partial charge on any atom is -0.464 e. The van der Waals surface area contributed by atoms with Gasteiger partial charge in [0, 0.05) is 40.8 Å². The third-order valence-corrected chi connectivity index (χ3v) is 6.75. The number of fused-ring (bicyclic) bond motifs is 1. The van der Waals surface area contributed by atoms with Crippen LogP contribution in [0.3, 0.4) is 0 Å². The maximum absolute atomic E-state index is 12.8. The topological polar surface area (TPSA) is 124 Å². The van der Waals surface area contributed by atoms with Crippen molar-refractivity contribution in [3.63, 3.8) is 0 Å². The molecule has 2 N–H and O–H groups in total. The number of carbonyl (C=O) groups is 3. The van der Waals surface area contributed by atoms with Gasteiger partial charge in [-0.25, -0.2) is 14.6 Å². The molecule has 0 aliphatic carbocycles. The number of benzene rings is 3. The Labute approximate surface area is 242 Å². The molecule has 0 saturated carbocycles. The van der Waals surface area contributed by atoms with Crippen molar-refractivity contribution in [3.05, 3.63) is 114 Å². The highest BCUT2D eigenvalue weighted by Crippen LogP contribution is 2.25. The van der Waals surface area contributed by atoms with E-state index in [4.69, 9.17) is 9.47 Å². The van der Waals surface area contributed by atoms with Gasteiger partial charge in [-0.2, -0.15) is 0 Å². The standard InChI is InChI=1S/C32H29N5O5/c1-41-31(39)28-29(32(40)42-2)37(20-34-28)19-5-6-21-9-13-24(14-10-21)36-30(38)22-11-15-23(16-12-22)35-27-17-18-33-26-8-4-3-7-25(26)27/h3-4,7-18,20H,5-6,19H2,1-2H3,(H,33,35)(H,36,38). The van der Waals surface area contributed by atoms with Gasteiger partial charge in [-0.05, 0) is 66.9 Å². The lowest BCUT2D eigenvalue weighted by atomic mass is 10.1. The summed E-state index contributed by atoms with van der Waals surface area (Å²) in [5.74, 6) is -1.56. The molecule has 0 radical (unpaired) electrons. The predicted molar refractivity (Wildman–Crippen MR) is 159 cm³/mol. The number of ether oxygens (including phenoxy) is 2. The second-order valence-corrected chi connectivity index (χ2v) is 9.45. The second kappa shape index (κ2) is 12.8. The summed E-state index contributed by atoms with van der Waals surface area (Å²) in [6.07, 6.45) is 4.59. The van der Waals surface area contributed by atoms with Crippen LogP contribution in [0, 0.1) is 0 Å². The fraction of sp³-hybridized carbons (Fsp3) is 0.156. The highest BCUT2D eigenvalue weighted by molar-refractivity contribution is 6.04. The van der Waals surface area contributed by atoms with Crippen LogP contribution in [0.1, 0.15) is 43.3 Å². The molecule has 0 fully saturated rings. The van der Waals surface area contributed by atoms with Gasteiger partial charge in [-0.15, -0.1) is 0 Å². The Morgan fingerprint density at radius 2 is 1.52 bits per heavy atom. The van der Waals surface area contributed by atoms with Gasteiger partial charge < -0.3 is 24.7 Å².